The van der Waals surface area contributed by atoms with Crippen molar-refractivity contribution in [1.29, 1.82) is 0 Å². The van der Waals surface area contributed by atoms with Gasteiger partial charge in [0, 0.05) is 5.41 Å². The largest absolute Gasteiger partial charge is 0.219 e. The highest BCUT2D eigenvalue weighted by molar-refractivity contribution is 7.94. The Labute approximate surface area is 108 Å². The van der Waals surface area contributed by atoms with E-state index in [4.69, 9.17) is 0 Å². The van der Waals surface area contributed by atoms with Crippen molar-refractivity contribution in [3.8, 4) is 0 Å². The molecule has 0 aliphatic rings. The molecule has 0 aliphatic heterocycles. The summed E-state index contributed by atoms with van der Waals surface area (Å²) in [6.45, 7) is 1.95. The van der Waals surface area contributed by atoms with Crippen LogP contribution in [0, 0.1) is 6.92 Å². The molecule has 0 radical (unpaired) electrons. The van der Waals surface area contributed by atoms with Crippen molar-refractivity contribution < 1.29 is 8.42 Å². The third kappa shape index (κ3) is 2.87. The maximum absolute atomic E-state index is 12.0. The van der Waals surface area contributed by atoms with Crippen LogP contribution in [0.4, 0.5) is 0 Å². The van der Waals surface area contributed by atoms with Crippen LogP contribution in [-0.2, 0) is 9.84 Å². The van der Waals surface area contributed by atoms with Gasteiger partial charge in [0.25, 0.3) is 0 Å². The monoisotopic (exact) mass is 258 g/mol. The van der Waals surface area contributed by atoms with Crippen molar-refractivity contribution in [1.82, 2.24) is 0 Å². The molecule has 0 bridgehead atoms. The van der Waals surface area contributed by atoms with E-state index < -0.39 is 9.84 Å². The van der Waals surface area contributed by atoms with Gasteiger partial charge in [-0.25, -0.2) is 8.42 Å². The zero-order chi connectivity index (χ0) is 13.0. The molecule has 0 saturated heterocycles. The van der Waals surface area contributed by atoms with Gasteiger partial charge in [-0.05, 0) is 36.3 Å². The highest BCUT2D eigenvalue weighted by Crippen LogP contribution is 2.15. The van der Waals surface area contributed by atoms with Crippen molar-refractivity contribution in [3.05, 3.63) is 71.1 Å². The van der Waals surface area contributed by atoms with Gasteiger partial charge in [-0.15, -0.1) is 0 Å². The van der Waals surface area contributed by atoms with E-state index in [0.29, 0.717) is 4.90 Å². The average molecular weight is 258 g/mol. The van der Waals surface area contributed by atoms with E-state index in [-0.39, 0.29) is 0 Å². The first-order valence-electron chi connectivity index (χ1n) is 5.63. The molecule has 18 heavy (non-hydrogen) atoms. The molecule has 92 valence electrons. The molecule has 0 N–H and O–H groups in total. The molecule has 2 nitrogen and oxygen atoms in total. The summed E-state index contributed by atoms with van der Waals surface area (Å²) in [5, 5.41) is 1.25. The second kappa shape index (κ2) is 5.19. The Kier molecular flexibility index (Phi) is 3.63. The van der Waals surface area contributed by atoms with E-state index in [1.807, 2.05) is 31.2 Å². The zero-order valence-corrected chi connectivity index (χ0v) is 10.9. The van der Waals surface area contributed by atoms with Crippen LogP contribution in [0.5, 0.6) is 0 Å². The van der Waals surface area contributed by atoms with Gasteiger partial charge in [-0.1, -0.05) is 42.5 Å². The van der Waals surface area contributed by atoms with Crippen LogP contribution in [0.25, 0.3) is 6.08 Å². The van der Waals surface area contributed by atoms with Crippen LogP contribution in [0.1, 0.15) is 11.1 Å². The highest BCUT2D eigenvalue weighted by atomic mass is 32.2. The van der Waals surface area contributed by atoms with Crippen molar-refractivity contribution in [3.63, 3.8) is 0 Å². The number of hydrogen-bond acceptors (Lipinski definition) is 2. The predicted molar refractivity (Wildman–Crippen MR) is 73.8 cm³/mol. The van der Waals surface area contributed by atoms with Gasteiger partial charge in [-0.3, -0.25) is 0 Å². The van der Waals surface area contributed by atoms with Gasteiger partial charge in [0.15, 0.2) is 9.84 Å². The molecule has 0 saturated carbocycles. The van der Waals surface area contributed by atoms with Gasteiger partial charge >= 0.3 is 0 Å². The molecule has 0 fully saturated rings. The van der Waals surface area contributed by atoms with Gasteiger partial charge in [0.2, 0.25) is 0 Å². The summed E-state index contributed by atoms with van der Waals surface area (Å²) in [5.74, 6) is 0. The van der Waals surface area contributed by atoms with Crippen LogP contribution >= 0.6 is 0 Å². The average Bonchev–Trinajstić information content (AvgIpc) is 2.39. The molecule has 0 aromatic heterocycles. The van der Waals surface area contributed by atoms with Crippen molar-refractivity contribution in [2.24, 2.45) is 0 Å². The maximum Gasteiger partial charge on any atom is 0.199 e. The Morgan fingerprint density at radius 1 is 0.889 bits per heavy atom. The van der Waals surface area contributed by atoms with Crippen LogP contribution in [-0.4, -0.2) is 8.42 Å². The first kappa shape index (κ1) is 12.6. The van der Waals surface area contributed by atoms with Crippen molar-refractivity contribution >= 4 is 15.9 Å². The second-order valence-electron chi connectivity index (χ2n) is 4.02. The fraction of sp³-hybridized carbons (Fsp3) is 0.0667. The molecule has 0 atom stereocenters. The Morgan fingerprint density at radius 2 is 1.50 bits per heavy atom. The quantitative estimate of drug-likeness (QED) is 0.845. The molecular weight excluding hydrogens is 244 g/mol. The van der Waals surface area contributed by atoms with Crippen molar-refractivity contribution in [2.45, 2.75) is 11.8 Å². The van der Waals surface area contributed by atoms with E-state index in [9.17, 15) is 8.42 Å². The fourth-order valence-corrected chi connectivity index (χ4v) is 2.64. The normalized spacial score (nSPS) is 11.8. The Hall–Kier alpha value is -1.87. The minimum absolute atomic E-state index is 0.315. The summed E-state index contributed by atoms with van der Waals surface area (Å²) >= 11 is 0. The Morgan fingerprint density at radius 3 is 2.17 bits per heavy atom. The van der Waals surface area contributed by atoms with E-state index in [1.165, 1.54) is 5.41 Å². The minimum Gasteiger partial charge on any atom is -0.219 e. The highest BCUT2D eigenvalue weighted by Gasteiger charge is 2.08. The standard InChI is InChI=1S/C15H14O2S/c1-13-7-5-6-8-14(13)11-12-18(16,17)15-9-3-2-4-10-15/h2-12H,1H3. The minimum atomic E-state index is -3.36. The number of sulfone groups is 1. The van der Waals surface area contributed by atoms with Gasteiger partial charge in [0.05, 0.1) is 4.90 Å². The summed E-state index contributed by atoms with van der Waals surface area (Å²) in [6, 6.07) is 16.1. The number of hydrogen-bond donors (Lipinski definition) is 0. The van der Waals surface area contributed by atoms with Crippen LogP contribution in [0.15, 0.2) is 64.9 Å². The molecule has 0 unspecified atom stereocenters. The fourth-order valence-electron chi connectivity index (χ4n) is 1.63. The lowest BCUT2D eigenvalue weighted by Crippen LogP contribution is -1.95. The second-order valence-corrected chi connectivity index (χ2v) is 5.85. The summed E-state index contributed by atoms with van der Waals surface area (Å²) < 4.78 is 24.1. The molecule has 2 aromatic rings. The van der Waals surface area contributed by atoms with Crippen molar-refractivity contribution in [2.75, 3.05) is 0 Å². The summed E-state index contributed by atoms with van der Waals surface area (Å²) in [7, 11) is -3.36. The maximum atomic E-state index is 12.0. The molecule has 3 heteroatoms. The third-order valence-corrected chi connectivity index (χ3v) is 4.11. The number of aryl methyl sites for hydroxylation is 1. The van der Waals surface area contributed by atoms with Gasteiger partial charge in [0.1, 0.15) is 0 Å². The number of rotatable bonds is 3. The SMILES string of the molecule is Cc1ccccc1C=CS(=O)(=O)c1ccccc1. The first-order chi connectivity index (χ1) is 8.59. The first-order valence-corrected chi connectivity index (χ1v) is 7.18. The van der Waals surface area contributed by atoms with Crippen LogP contribution in [0.3, 0.4) is 0 Å². The van der Waals surface area contributed by atoms with Gasteiger partial charge in [-0.2, -0.15) is 0 Å². The van der Waals surface area contributed by atoms with Gasteiger partial charge < -0.3 is 0 Å². The van der Waals surface area contributed by atoms with E-state index in [0.717, 1.165) is 11.1 Å². The lowest BCUT2D eigenvalue weighted by Gasteiger charge is -2.00. The van der Waals surface area contributed by atoms with Crippen LogP contribution in [0.2, 0.25) is 0 Å². The molecule has 0 spiro atoms. The molecule has 0 heterocycles. The smallest absolute Gasteiger partial charge is 0.199 e. The molecular formula is C15H14O2S. The van der Waals surface area contributed by atoms with Crippen LogP contribution < -0.4 is 0 Å². The Bertz CT molecular complexity index is 656. The molecule has 2 aromatic carbocycles. The van der Waals surface area contributed by atoms with E-state index in [2.05, 4.69) is 0 Å². The number of benzene rings is 2. The van der Waals surface area contributed by atoms with E-state index >= 15 is 0 Å². The summed E-state index contributed by atoms with van der Waals surface area (Å²) in [4.78, 5) is 0.315. The molecule has 0 amide bonds. The topological polar surface area (TPSA) is 34.1 Å². The summed E-state index contributed by atoms with van der Waals surface area (Å²) in [5.41, 5.74) is 1.97. The lowest BCUT2D eigenvalue weighted by molar-refractivity contribution is 0.605. The molecule has 0 aliphatic carbocycles. The molecule has 2 rings (SSSR count). The predicted octanol–water partition coefficient (Wildman–Crippen LogP) is 3.44. The summed E-state index contributed by atoms with van der Waals surface area (Å²) in [6.07, 6.45) is 1.64. The van der Waals surface area contributed by atoms with E-state index in [1.54, 1.807) is 36.4 Å². The Balaban J connectivity index is 2.32. The zero-order valence-electron chi connectivity index (χ0n) is 10.1. The lowest BCUT2D eigenvalue weighted by atomic mass is 10.1. The third-order valence-electron chi connectivity index (χ3n) is 2.69.